The minimum atomic E-state index is -1.12. The Morgan fingerprint density at radius 1 is 1.16 bits per heavy atom. The fraction of sp³-hybridized carbons (Fsp3) is 0.290. The van der Waals surface area contributed by atoms with Gasteiger partial charge in [-0.3, -0.25) is 9.88 Å². The van der Waals surface area contributed by atoms with E-state index >= 15 is 0 Å². The molecule has 7 heteroatoms. The number of aliphatic hydroxyl groups excluding tert-OH is 1. The molecule has 5 atom stereocenters. The van der Waals surface area contributed by atoms with Crippen LogP contribution in [0.25, 0.3) is 21.7 Å². The van der Waals surface area contributed by atoms with Crippen molar-refractivity contribution in [1.82, 2.24) is 9.88 Å². The maximum Gasteiger partial charge on any atom is 0.339 e. The molecule has 4 heterocycles. The molecular weight excluding hydrogens is 480 g/mol. The number of fused-ring (bicyclic) bond motifs is 5. The number of phenols is 1. The predicted molar refractivity (Wildman–Crippen MR) is 148 cm³/mol. The van der Waals surface area contributed by atoms with Crippen LogP contribution >= 0.6 is 0 Å². The van der Waals surface area contributed by atoms with Gasteiger partial charge in [0.25, 0.3) is 0 Å². The average Bonchev–Trinajstić information content (AvgIpc) is 2.96. The minimum Gasteiger partial charge on any atom is -0.507 e. The van der Waals surface area contributed by atoms with Crippen LogP contribution in [0.1, 0.15) is 34.9 Å². The molecular formula is C31H32N2O5. The van der Waals surface area contributed by atoms with Crippen LogP contribution in [-0.4, -0.2) is 57.4 Å². The van der Waals surface area contributed by atoms with Crippen molar-refractivity contribution in [3.8, 4) is 11.5 Å². The molecule has 7 rings (SSSR count). The van der Waals surface area contributed by atoms with Crippen LogP contribution in [0.3, 0.4) is 0 Å². The molecule has 3 aliphatic heterocycles. The van der Waals surface area contributed by atoms with Crippen molar-refractivity contribution >= 4 is 27.6 Å². The summed E-state index contributed by atoms with van der Waals surface area (Å²) in [5.41, 5.74) is 1.78. The summed E-state index contributed by atoms with van der Waals surface area (Å²) in [5.74, 6) is 0.692. The SMILES string of the molecule is C=C[C@H]1CN2CC[C@H]1C[C@H]2[C@H](O)c1ccnc2ccc(OC)cc12.O=C(O)c1cc2ccccc2cc1O. The Labute approximate surface area is 221 Å². The molecule has 0 spiro atoms. The number of methoxy groups -OCH3 is 1. The van der Waals surface area contributed by atoms with Gasteiger partial charge in [0.2, 0.25) is 0 Å². The highest BCUT2D eigenvalue weighted by atomic mass is 16.5. The highest BCUT2D eigenvalue weighted by molar-refractivity contribution is 5.97. The Morgan fingerprint density at radius 2 is 1.92 bits per heavy atom. The van der Waals surface area contributed by atoms with Crippen molar-refractivity contribution in [1.29, 1.82) is 0 Å². The molecule has 1 aromatic heterocycles. The number of piperidine rings is 3. The fourth-order valence-electron chi connectivity index (χ4n) is 5.84. The van der Waals surface area contributed by atoms with E-state index in [0.717, 1.165) is 52.5 Å². The number of aromatic hydroxyl groups is 1. The molecule has 3 aromatic carbocycles. The summed E-state index contributed by atoms with van der Waals surface area (Å²) in [7, 11) is 1.66. The Morgan fingerprint density at radius 3 is 2.58 bits per heavy atom. The zero-order valence-electron chi connectivity index (χ0n) is 21.3. The molecule has 196 valence electrons. The summed E-state index contributed by atoms with van der Waals surface area (Å²) in [5, 5.41) is 31.9. The summed E-state index contributed by atoms with van der Waals surface area (Å²) in [4.78, 5) is 17.6. The first-order valence-corrected chi connectivity index (χ1v) is 12.8. The van der Waals surface area contributed by atoms with Crippen LogP contribution in [0.15, 0.2) is 79.5 Å². The van der Waals surface area contributed by atoms with E-state index in [4.69, 9.17) is 9.84 Å². The number of pyridine rings is 1. The zero-order chi connectivity index (χ0) is 26.8. The van der Waals surface area contributed by atoms with E-state index in [-0.39, 0.29) is 17.4 Å². The average molecular weight is 513 g/mol. The van der Waals surface area contributed by atoms with Crippen LogP contribution in [0.4, 0.5) is 0 Å². The molecule has 1 unspecified atom stereocenters. The third-order valence-corrected chi connectivity index (χ3v) is 7.91. The molecule has 7 nitrogen and oxygen atoms in total. The molecule has 4 aromatic rings. The maximum absolute atomic E-state index is 11.2. The van der Waals surface area contributed by atoms with Gasteiger partial charge in [-0.25, -0.2) is 4.79 Å². The number of carboxylic acid groups (broad SMARTS) is 1. The van der Waals surface area contributed by atoms with Gasteiger partial charge in [0.15, 0.2) is 0 Å². The molecule has 3 aliphatic rings. The van der Waals surface area contributed by atoms with E-state index in [9.17, 15) is 15.0 Å². The lowest BCUT2D eigenvalue weighted by atomic mass is 9.73. The van der Waals surface area contributed by atoms with Crippen molar-refractivity contribution in [3.05, 3.63) is 90.6 Å². The zero-order valence-corrected chi connectivity index (χ0v) is 21.3. The summed E-state index contributed by atoms with van der Waals surface area (Å²) in [6.45, 7) is 6.07. The predicted octanol–water partition coefficient (Wildman–Crippen LogP) is 5.42. The van der Waals surface area contributed by atoms with Crippen molar-refractivity contribution < 1.29 is 24.9 Å². The van der Waals surface area contributed by atoms with Crippen LogP contribution in [0, 0.1) is 11.8 Å². The van der Waals surface area contributed by atoms with Gasteiger partial charge in [0.1, 0.15) is 17.1 Å². The molecule has 3 N–H and O–H groups in total. The molecule has 3 saturated heterocycles. The number of ether oxygens (including phenoxy) is 1. The van der Waals surface area contributed by atoms with Gasteiger partial charge in [0, 0.05) is 24.2 Å². The largest absolute Gasteiger partial charge is 0.507 e. The van der Waals surface area contributed by atoms with E-state index < -0.39 is 12.1 Å². The number of carboxylic acids is 1. The Hall–Kier alpha value is -3.94. The lowest BCUT2D eigenvalue weighted by Gasteiger charge is -2.50. The standard InChI is InChI=1S/C20H24N2O2.C11H8O3/c1-3-13-12-22-9-7-14(13)10-19(22)20(23)16-6-8-21-18-5-4-15(24-2)11-17(16)18;12-10-6-8-4-2-1-3-7(8)5-9(10)11(13)14/h3-6,8,11,13-14,19-20,23H,1,7,9-10,12H2,2H3;1-6,12H,(H,13,14)/t13-,14-,19-,20+;/m0./s1. The van der Waals surface area contributed by atoms with Gasteiger partial charge < -0.3 is 20.1 Å². The monoisotopic (exact) mass is 512 g/mol. The summed E-state index contributed by atoms with van der Waals surface area (Å²) in [6, 6.07) is 18.2. The molecule has 3 fully saturated rings. The number of rotatable bonds is 5. The number of carbonyl (C=O) groups is 1. The van der Waals surface area contributed by atoms with Crippen LogP contribution in [-0.2, 0) is 0 Å². The number of nitrogens with zero attached hydrogens (tertiary/aromatic N) is 2. The Balaban J connectivity index is 0.000000179. The van der Waals surface area contributed by atoms with Crippen LogP contribution in [0.5, 0.6) is 11.5 Å². The molecule has 0 amide bonds. The van der Waals surface area contributed by atoms with Crippen molar-refractivity contribution in [2.45, 2.75) is 25.0 Å². The van der Waals surface area contributed by atoms with Gasteiger partial charge in [-0.1, -0.05) is 30.3 Å². The smallest absolute Gasteiger partial charge is 0.339 e. The van der Waals surface area contributed by atoms with Gasteiger partial charge >= 0.3 is 5.97 Å². The first-order chi connectivity index (χ1) is 18.4. The van der Waals surface area contributed by atoms with Gasteiger partial charge in [-0.05, 0) is 84.0 Å². The number of aromatic carboxylic acids is 1. The lowest BCUT2D eigenvalue weighted by molar-refractivity contribution is -0.0444. The second-order valence-electron chi connectivity index (χ2n) is 10.00. The Bertz CT molecular complexity index is 1490. The van der Waals surface area contributed by atoms with Gasteiger partial charge in [-0.15, -0.1) is 6.58 Å². The number of aromatic nitrogens is 1. The number of hydrogen-bond acceptors (Lipinski definition) is 6. The first-order valence-electron chi connectivity index (χ1n) is 12.8. The number of aliphatic hydroxyl groups is 1. The minimum absolute atomic E-state index is 0.0660. The van der Waals surface area contributed by atoms with Crippen molar-refractivity contribution in [3.63, 3.8) is 0 Å². The fourth-order valence-corrected chi connectivity index (χ4v) is 5.84. The third kappa shape index (κ3) is 4.95. The normalized spacial score (nSPS) is 22.9. The molecule has 0 radical (unpaired) electrons. The summed E-state index contributed by atoms with van der Waals surface area (Å²) in [6.07, 6.45) is 5.62. The lowest BCUT2D eigenvalue weighted by Crippen LogP contribution is -2.54. The van der Waals surface area contributed by atoms with E-state index in [0.29, 0.717) is 11.8 Å². The molecule has 0 aliphatic carbocycles. The number of hydrogen-bond donors (Lipinski definition) is 3. The second-order valence-corrected chi connectivity index (χ2v) is 10.00. The van der Waals surface area contributed by atoms with Crippen LogP contribution in [0.2, 0.25) is 0 Å². The van der Waals surface area contributed by atoms with Crippen molar-refractivity contribution in [2.24, 2.45) is 11.8 Å². The summed E-state index contributed by atoms with van der Waals surface area (Å²) >= 11 is 0. The Kier molecular flexibility index (Phi) is 7.31. The van der Waals surface area contributed by atoms with E-state index in [1.807, 2.05) is 42.5 Å². The van der Waals surface area contributed by atoms with Gasteiger partial charge in [-0.2, -0.15) is 0 Å². The van der Waals surface area contributed by atoms with Crippen molar-refractivity contribution in [2.75, 3.05) is 20.2 Å². The quantitative estimate of drug-likeness (QED) is 0.307. The van der Waals surface area contributed by atoms with E-state index in [1.54, 1.807) is 19.4 Å². The highest BCUT2D eigenvalue weighted by Gasteiger charge is 2.42. The van der Waals surface area contributed by atoms with E-state index in [2.05, 4.69) is 22.5 Å². The topological polar surface area (TPSA) is 103 Å². The second kappa shape index (κ2) is 10.8. The third-order valence-electron chi connectivity index (χ3n) is 7.91. The van der Waals surface area contributed by atoms with Gasteiger partial charge in [0.05, 0.1) is 18.7 Å². The highest BCUT2D eigenvalue weighted by Crippen LogP contribution is 2.42. The molecule has 0 saturated carbocycles. The number of benzene rings is 3. The maximum atomic E-state index is 11.2. The van der Waals surface area contributed by atoms with Crippen LogP contribution < -0.4 is 4.74 Å². The molecule has 38 heavy (non-hydrogen) atoms. The summed E-state index contributed by atoms with van der Waals surface area (Å²) < 4.78 is 5.35. The molecule has 2 bridgehead atoms. The first kappa shape index (κ1) is 25.7. The van der Waals surface area contributed by atoms with E-state index in [1.165, 1.54) is 18.6 Å².